The molecular formula is C10H12O. The zero-order valence-corrected chi connectivity index (χ0v) is 5.53. The van der Waals surface area contributed by atoms with Crippen LogP contribution in [0.4, 0.5) is 0 Å². The van der Waals surface area contributed by atoms with E-state index in [0.717, 1.165) is 11.8 Å². The van der Waals surface area contributed by atoms with E-state index in [4.69, 9.17) is 0 Å². The molecule has 0 atom stereocenters. The van der Waals surface area contributed by atoms with Crippen molar-refractivity contribution in [1.82, 2.24) is 0 Å². The molecule has 0 aliphatic carbocycles. The molecule has 0 heterocycles. The van der Waals surface area contributed by atoms with Crippen LogP contribution in [0.3, 0.4) is 0 Å². The lowest BCUT2D eigenvalue weighted by molar-refractivity contribution is -0.104. The van der Waals surface area contributed by atoms with Gasteiger partial charge in [-0.1, -0.05) is 43.8 Å². The average Bonchev–Trinajstić information content (AvgIpc) is 2.03. The summed E-state index contributed by atoms with van der Waals surface area (Å²) in [5, 5.41) is 0. The van der Waals surface area contributed by atoms with Gasteiger partial charge < -0.3 is 0 Å². The fourth-order valence-electron chi connectivity index (χ4n) is 0.715. The fraction of sp³-hybridized carbons (Fsp3) is 0.100. The first kappa shape index (κ1) is 9.63. The molecule has 0 aromatic heterocycles. The van der Waals surface area contributed by atoms with Gasteiger partial charge >= 0.3 is 0 Å². The van der Waals surface area contributed by atoms with Crippen molar-refractivity contribution >= 4 is 12.4 Å². The van der Waals surface area contributed by atoms with Crippen molar-refractivity contribution in [1.29, 1.82) is 0 Å². The van der Waals surface area contributed by atoms with Gasteiger partial charge in [0, 0.05) is 0 Å². The molecule has 1 nitrogen and oxygen atoms in total. The van der Waals surface area contributed by atoms with Gasteiger partial charge in [0.2, 0.25) is 0 Å². The quantitative estimate of drug-likeness (QED) is 0.465. The van der Waals surface area contributed by atoms with Crippen LogP contribution < -0.4 is 0 Å². The van der Waals surface area contributed by atoms with E-state index in [-0.39, 0.29) is 7.43 Å². The van der Waals surface area contributed by atoms with Crippen molar-refractivity contribution < 1.29 is 4.79 Å². The summed E-state index contributed by atoms with van der Waals surface area (Å²) in [5.41, 5.74) is 1.05. The van der Waals surface area contributed by atoms with Gasteiger partial charge in [-0.15, -0.1) is 0 Å². The largest absolute Gasteiger partial charge is 0.299 e. The van der Waals surface area contributed by atoms with Crippen molar-refractivity contribution in [2.45, 2.75) is 7.43 Å². The van der Waals surface area contributed by atoms with Crippen molar-refractivity contribution in [3.05, 3.63) is 42.0 Å². The minimum absolute atomic E-state index is 0. The van der Waals surface area contributed by atoms with E-state index in [2.05, 4.69) is 0 Å². The van der Waals surface area contributed by atoms with Gasteiger partial charge in [-0.05, 0) is 11.6 Å². The standard InChI is InChI=1S/C9H8O.CH4/c10-8-4-7-9-5-2-1-3-6-9;/h1-8H;1H4/b7-4+;. The van der Waals surface area contributed by atoms with E-state index in [1.807, 2.05) is 30.3 Å². The van der Waals surface area contributed by atoms with Gasteiger partial charge in [0.15, 0.2) is 0 Å². The fourth-order valence-corrected chi connectivity index (χ4v) is 0.715. The van der Waals surface area contributed by atoms with Gasteiger partial charge in [0.25, 0.3) is 0 Å². The van der Waals surface area contributed by atoms with Crippen LogP contribution in [0.25, 0.3) is 6.08 Å². The Morgan fingerprint density at radius 3 is 2.27 bits per heavy atom. The lowest BCUT2D eigenvalue weighted by atomic mass is 10.2. The molecule has 0 fully saturated rings. The molecule has 0 N–H and O–H groups in total. The molecule has 58 valence electrons. The Morgan fingerprint density at radius 1 is 1.09 bits per heavy atom. The van der Waals surface area contributed by atoms with Crippen LogP contribution in [0, 0.1) is 0 Å². The Hall–Kier alpha value is -1.37. The molecule has 1 rings (SSSR count). The van der Waals surface area contributed by atoms with Crippen LogP contribution in [-0.4, -0.2) is 6.29 Å². The first-order valence-corrected chi connectivity index (χ1v) is 3.10. The highest BCUT2D eigenvalue weighted by molar-refractivity contribution is 5.73. The highest BCUT2D eigenvalue weighted by atomic mass is 16.1. The van der Waals surface area contributed by atoms with Crippen molar-refractivity contribution in [3.63, 3.8) is 0 Å². The van der Waals surface area contributed by atoms with E-state index >= 15 is 0 Å². The molecule has 11 heavy (non-hydrogen) atoms. The maximum absolute atomic E-state index is 9.89. The predicted molar refractivity (Wildman–Crippen MR) is 48.3 cm³/mol. The summed E-state index contributed by atoms with van der Waals surface area (Å²) in [6.07, 6.45) is 4.02. The molecule has 0 spiro atoms. The highest BCUT2D eigenvalue weighted by Crippen LogP contribution is 1.99. The molecule has 0 saturated heterocycles. The maximum atomic E-state index is 9.89. The summed E-state index contributed by atoms with van der Waals surface area (Å²) in [5.74, 6) is 0. The molecule has 0 bridgehead atoms. The SMILES string of the molecule is C.O=C/C=C/c1ccccc1. The molecule has 0 aliphatic heterocycles. The Kier molecular flexibility index (Phi) is 4.74. The highest BCUT2D eigenvalue weighted by Gasteiger charge is 1.79. The summed E-state index contributed by atoms with van der Waals surface area (Å²) in [4.78, 5) is 9.89. The minimum Gasteiger partial charge on any atom is -0.299 e. The number of allylic oxidation sites excluding steroid dienone is 1. The monoisotopic (exact) mass is 148 g/mol. The normalized spacial score (nSPS) is 9.09. The van der Waals surface area contributed by atoms with Crippen LogP contribution in [0.1, 0.15) is 13.0 Å². The van der Waals surface area contributed by atoms with E-state index < -0.39 is 0 Å². The van der Waals surface area contributed by atoms with Crippen LogP contribution in [0.5, 0.6) is 0 Å². The summed E-state index contributed by atoms with van der Waals surface area (Å²) < 4.78 is 0. The van der Waals surface area contributed by atoms with Crippen LogP contribution in [0.2, 0.25) is 0 Å². The second kappa shape index (κ2) is 5.42. The molecule has 0 aliphatic rings. The zero-order valence-electron chi connectivity index (χ0n) is 5.53. The van der Waals surface area contributed by atoms with Crippen LogP contribution in [-0.2, 0) is 4.79 Å². The number of carbonyl (C=O) groups excluding carboxylic acids is 1. The first-order chi connectivity index (χ1) is 4.93. The summed E-state index contributed by atoms with van der Waals surface area (Å²) in [7, 11) is 0. The predicted octanol–water partition coefficient (Wildman–Crippen LogP) is 2.53. The molecule has 1 heteroatoms. The smallest absolute Gasteiger partial charge is 0.142 e. The Balaban J connectivity index is 0.000001000. The molecule has 0 saturated carbocycles. The first-order valence-electron chi connectivity index (χ1n) is 3.10. The third-order valence-corrected chi connectivity index (χ3v) is 1.17. The minimum atomic E-state index is 0. The second-order valence-electron chi connectivity index (χ2n) is 1.91. The Labute approximate surface area is 67.4 Å². The number of aldehydes is 1. The topological polar surface area (TPSA) is 17.1 Å². The van der Waals surface area contributed by atoms with Gasteiger partial charge in [-0.3, -0.25) is 4.79 Å². The van der Waals surface area contributed by atoms with E-state index in [9.17, 15) is 4.79 Å². The number of hydrogen-bond acceptors (Lipinski definition) is 1. The molecule has 0 unspecified atom stereocenters. The van der Waals surface area contributed by atoms with E-state index in [0.29, 0.717) is 0 Å². The molecular weight excluding hydrogens is 136 g/mol. The summed E-state index contributed by atoms with van der Waals surface area (Å²) in [6, 6.07) is 9.70. The summed E-state index contributed by atoms with van der Waals surface area (Å²) in [6.45, 7) is 0. The third kappa shape index (κ3) is 3.36. The molecule has 1 aromatic carbocycles. The molecule has 0 amide bonds. The van der Waals surface area contributed by atoms with Crippen molar-refractivity contribution in [3.8, 4) is 0 Å². The lowest BCUT2D eigenvalue weighted by Crippen LogP contribution is -1.67. The van der Waals surface area contributed by atoms with Gasteiger partial charge in [-0.2, -0.15) is 0 Å². The van der Waals surface area contributed by atoms with Gasteiger partial charge in [-0.25, -0.2) is 0 Å². The van der Waals surface area contributed by atoms with Crippen molar-refractivity contribution in [2.24, 2.45) is 0 Å². The number of rotatable bonds is 2. The average molecular weight is 148 g/mol. The lowest BCUT2D eigenvalue weighted by Gasteiger charge is -1.86. The van der Waals surface area contributed by atoms with Gasteiger partial charge in [0.05, 0.1) is 0 Å². The molecule has 1 aromatic rings. The molecule has 0 radical (unpaired) electrons. The van der Waals surface area contributed by atoms with Crippen LogP contribution >= 0.6 is 0 Å². The second-order valence-corrected chi connectivity index (χ2v) is 1.91. The van der Waals surface area contributed by atoms with Gasteiger partial charge in [0.1, 0.15) is 6.29 Å². The summed E-state index contributed by atoms with van der Waals surface area (Å²) >= 11 is 0. The Bertz CT molecular complexity index is 224. The van der Waals surface area contributed by atoms with Crippen molar-refractivity contribution in [2.75, 3.05) is 0 Å². The number of benzene rings is 1. The number of carbonyl (C=O) groups is 1. The number of hydrogen-bond donors (Lipinski definition) is 0. The van der Waals surface area contributed by atoms with Crippen LogP contribution in [0.15, 0.2) is 36.4 Å². The van der Waals surface area contributed by atoms with E-state index in [1.54, 1.807) is 6.08 Å². The Morgan fingerprint density at radius 2 is 1.73 bits per heavy atom. The third-order valence-electron chi connectivity index (χ3n) is 1.17. The van der Waals surface area contributed by atoms with E-state index in [1.165, 1.54) is 6.08 Å². The zero-order chi connectivity index (χ0) is 7.23. The maximum Gasteiger partial charge on any atom is 0.142 e.